The first-order chi connectivity index (χ1) is 4.06. The molecule has 0 amide bonds. The quantitative estimate of drug-likeness (QED) is 0.545. The Labute approximate surface area is 54.5 Å². The van der Waals surface area contributed by atoms with Gasteiger partial charge in [-0.15, -0.1) is 0 Å². The summed E-state index contributed by atoms with van der Waals surface area (Å²) in [7, 11) is 1.21. The molecule has 0 bridgehead atoms. The minimum atomic E-state index is -3.11. The van der Waals surface area contributed by atoms with Gasteiger partial charge in [-0.3, -0.25) is 4.57 Å². The van der Waals surface area contributed by atoms with Crippen molar-refractivity contribution >= 4 is 7.52 Å². The van der Waals surface area contributed by atoms with E-state index < -0.39 is 7.52 Å². The molecular weight excluding hydrogens is 139 g/mol. The molecule has 0 saturated carbocycles. The van der Waals surface area contributed by atoms with Crippen molar-refractivity contribution in [2.45, 2.75) is 0 Å². The van der Waals surface area contributed by atoms with Gasteiger partial charge < -0.3 is 4.52 Å². The van der Waals surface area contributed by atoms with E-state index in [-0.39, 0.29) is 0 Å². The highest BCUT2D eigenvalue weighted by Crippen LogP contribution is 2.45. The average molecular weight is 148 g/mol. The van der Waals surface area contributed by atoms with Gasteiger partial charge in [0.25, 0.3) is 0 Å². The molecule has 0 aliphatic heterocycles. The van der Waals surface area contributed by atoms with Crippen molar-refractivity contribution in [3.8, 4) is 5.81 Å². The van der Waals surface area contributed by atoms with E-state index >= 15 is 0 Å². The van der Waals surface area contributed by atoms with Crippen LogP contribution in [0.15, 0.2) is 0 Å². The molecule has 0 radical (unpaired) electrons. The lowest BCUT2D eigenvalue weighted by Crippen LogP contribution is -2.07. The Hall–Kier alpha value is -0.360. The van der Waals surface area contributed by atoms with E-state index in [1.807, 2.05) is 0 Å². The molecule has 0 spiro atoms. The summed E-state index contributed by atoms with van der Waals surface area (Å²) in [5.41, 5.74) is 0. The molecule has 0 aromatic heterocycles. The molecule has 1 unspecified atom stereocenters. The van der Waals surface area contributed by atoms with Crippen molar-refractivity contribution in [1.29, 1.82) is 5.26 Å². The van der Waals surface area contributed by atoms with Gasteiger partial charge in [0.1, 0.15) is 0 Å². The van der Waals surface area contributed by atoms with E-state index in [0.717, 1.165) is 0 Å². The van der Waals surface area contributed by atoms with E-state index in [4.69, 9.17) is 5.26 Å². The zero-order valence-corrected chi connectivity index (χ0v) is 6.55. The van der Waals surface area contributed by atoms with Crippen LogP contribution in [0.5, 0.6) is 0 Å². The van der Waals surface area contributed by atoms with Crippen LogP contribution in [0.1, 0.15) is 0 Å². The standard InChI is InChI=1S/C4H9N2O2P/c1-6(2)9(7,4-5)8-3/h1-3H3. The lowest BCUT2D eigenvalue weighted by molar-refractivity contribution is 0.357. The summed E-state index contributed by atoms with van der Waals surface area (Å²) >= 11 is 0. The summed E-state index contributed by atoms with van der Waals surface area (Å²) < 4.78 is 16.7. The molecule has 0 aliphatic rings. The Morgan fingerprint density at radius 3 is 2.11 bits per heavy atom. The van der Waals surface area contributed by atoms with Gasteiger partial charge in [0, 0.05) is 7.11 Å². The lowest BCUT2D eigenvalue weighted by Gasteiger charge is -2.13. The average Bonchev–Trinajstić information content (AvgIpc) is 1.86. The maximum atomic E-state index is 11.0. The third kappa shape index (κ3) is 1.79. The monoisotopic (exact) mass is 148 g/mol. The molecule has 0 fully saturated rings. The van der Waals surface area contributed by atoms with Crippen LogP contribution in [0.3, 0.4) is 0 Å². The van der Waals surface area contributed by atoms with Crippen LogP contribution in [0, 0.1) is 11.1 Å². The molecule has 52 valence electrons. The molecule has 0 N–H and O–H groups in total. The molecule has 0 rings (SSSR count). The third-order valence-corrected chi connectivity index (χ3v) is 2.70. The third-order valence-electron chi connectivity index (χ3n) is 0.900. The Morgan fingerprint density at radius 1 is 1.67 bits per heavy atom. The maximum absolute atomic E-state index is 11.0. The van der Waals surface area contributed by atoms with Gasteiger partial charge in [0.05, 0.1) is 0 Å². The van der Waals surface area contributed by atoms with Crippen LogP contribution in [0.25, 0.3) is 0 Å². The van der Waals surface area contributed by atoms with Gasteiger partial charge in [-0.05, 0) is 14.1 Å². The Morgan fingerprint density at radius 2 is 2.11 bits per heavy atom. The summed E-state index contributed by atoms with van der Waals surface area (Å²) in [4.78, 5) is 0. The van der Waals surface area contributed by atoms with Crippen LogP contribution >= 0.6 is 7.52 Å². The van der Waals surface area contributed by atoms with Gasteiger partial charge in [0.15, 0.2) is 5.81 Å². The lowest BCUT2D eigenvalue weighted by atomic mass is 11.3. The zero-order chi connectivity index (χ0) is 7.49. The molecule has 5 heteroatoms. The van der Waals surface area contributed by atoms with Crippen molar-refractivity contribution in [3.05, 3.63) is 0 Å². The summed E-state index contributed by atoms with van der Waals surface area (Å²) in [5, 5.41) is 8.28. The van der Waals surface area contributed by atoms with Gasteiger partial charge >= 0.3 is 7.52 Å². The van der Waals surface area contributed by atoms with Crippen molar-refractivity contribution in [2.75, 3.05) is 21.2 Å². The number of rotatable bonds is 2. The van der Waals surface area contributed by atoms with Crippen molar-refractivity contribution in [2.24, 2.45) is 0 Å². The topological polar surface area (TPSA) is 53.3 Å². The molecule has 0 aromatic rings. The minimum absolute atomic E-state index is 1.25. The molecule has 0 heterocycles. The number of hydrogen-bond acceptors (Lipinski definition) is 3. The fourth-order valence-corrected chi connectivity index (χ4v) is 0.881. The van der Waals surface area contributed by atoms with E-state index in [1.54, 1.807) is 5.81 Å². The van der Waals surface area contributed by atoms with E-state index in [1.165, 1.54) is 25.9 Å². The minimum Gasteiger partial charge on any atom is -0.310 e. The molecular formula is C4H9N2O2P. The van der Waals surface area contributed by atoms with Crippen LogP contribution in [-0.2, 0) is 9.09 Å². The highest BCUT2D eigenvalue weighted by atomic mass is 31.2. The largest absolute Gasteiger partial charge is 0.370 e. The van der Waals surface area contributed by atoms with Gasteiger partial charge in [-0.1, -0.05) is 0 Å². The highest BCUT2D eigenvalue weighted by molar-refractivity contribution is 7.61. The molecule has 4 nitrogen and oxygen atoms in total. The van der Waals surface area contributed by atoms with Crippen molar-refractivity contribution in [3.63, 3.8) is 0 Å². The molecule has 0 saturated heterocycles. The van der Waals surface area contributed by atoms with Gasteiger partial charge in [-0.2, -0.15) is 5.26 Å². The maximum Gasteiger partial charge on any atom is 0.370 e. The predicted molar refractivity (Wildman–Crippen MR) is 33.9 cm³/mol. The van der Waals surface area contributed by atoms with Crippen LogP contribution < -0.4 is 0 Å². The van der Waals surface area contributed by atoms with E-state index in [0.29, 0.717) is 0 Å². The highest BCUT2D eigenvalue weighted by Gasteiger charge is 2.23. The van der Waals surface area contributed by atoms with Gasteiger partial charge in [0.2, 0.25) is 0 Å². The van der Waals surface area contributed by atoms with Gasteiger partial charge in [-0.25, -0.2) is 4.67 Å². The van der Waals surface area contributed by atoms with Crippen molar-refractivity contribution in [1.82, 2.24) is 4.67 Å². The second kappa shape index (κ2) is 2.98. The fourth-order valence-electron chi connectivity index (χ4n) is 0.294. The molecule has 0 aliphatic carbocycles. The molecule has 0 aromatic carbocycles. The second-order valence-corrected chi connectivity index (χ2v) is 4.06. The number of nitriles is 1. The SMILES string of the molecule is COP(=O)(C#N)N(C)C. The smallest absolute Gasteiger partial charge is 0.310 e. The molecule has 9 heavy (non-hydrogen) atoms. The van der Waals surface area contributed by atoms with E-state index in [2.05, 4.69) is 4.52 Å². The number of nitrogens with zero attached hydrogens (tertiary/aromatic N) is 2. The first kappa shape index (κ1) is 8.64. The Bertz CT molecular complexity index is 172. The fraction of sp³-hybridized carbons (Fsp3) is 0.750. The Kier molecular flexibility index (Phi) is 2.86. The summed E-state index contributed by atoms with van der Waals surface area (Å²) in [6.07, 6.45) is 0. The Balaban J connectivity index is 4.35. The van der Waals surface area contributed by atoms with Crippen LogP contribution in [0.4, 0.5) is 0 Å². The number of hydrogen-bond donors (Lipinski definition) is 0. The summed E-state index contributed by atoms with van der Waals surface area (Å²) in [6.45, 7) is 0. The van der Waals surface area contributed by atoms with Crippen LogP contribution in [0.2, 0.25) is 0 Å². The predicted octanol–water partition coefficient (Wildman–Crippen LogP) is 0.869. The van der Waals surface area contributed by atoms with E-state index in [9.17, 15) is 4.57 Å². The zero-order valence-electron chi connectivity index (χ0n) is 5.66. The first-order valence-electron chi connectivity index (χ1n) is 2.32. The summed E-state index contributed by atoms with van der Waals surface area (Å²) in [5.74, 6) is 1.59. The van der Waals surface area contributed by atoms with Crippen molar-refractivity contribution < 1.29 is 9.09 Å². The van der Waals surface area contributed by atoms with Crippen LogP contribution in [-0.4, -0.2) is 25.9 Å². The normalized spacial score (nSPS) is 16.8. The second-order valence-electron chi connectivity index (χ2n) is 1.65. The first-order valence-corrected chi connectivity index (χ1v) is 3.89. The summed E-state index contributed by atoms with van der Waals surface area (Å²) in [6, 6.07) is 0. The molecule has 1 atom stereocenters.